The van der Waals surface area contributed by atoms with Gasteiger partial charge < -0.3 is 15.4 Å². The molecule has 1 aliphatic rings. The molecule has 7 nitrogen and oxygen atoms in total. The van der Waals surface area contributed by atoms with E-state index >= 15 is 0 Å². The van der Waals surface area contributed by atoms with E-state index in [1.165, 1.54) is 4.68 Å². The fourth-order valence-corrected chi connectivity index (χ4v) is 3.70. The summed E-state index contributed by atoms with van der Waals surface area (Å²) in [5.41, 5.74) is 8.04. The molecular weight excluding hydrogens is 342 g/mol. The highest BCUT2D eigenvalue weighted by Crippen LogP contribution is 2.25. The van der Waals surface area contributed by atoms with Gasteiger partial charge in [0.1, 0.15) is 5.75 Å². The Hall–Kier alpha value is -2.38. The maximum Gasteiger partial charge on any atom is 0.269 e. The molecule has 2 heterocycles. The van der Waals surface area contributed by atoms with Crippen LogP contribution in [0.15, 0.2) is 41.3 Å². The van der Waals surface area contributed by atoms with Crippen LogP contribution >= 0.6 is 0 Å². The van der Waals surface area contributed by atoms with Gasteiger partial charge in [-0.15, -0.1) is 0 Å². The first-order chi connectivity index (χ1) is 13.0. The Morgan fingerprint density at radius 1 is 1.22 bits per heavy atom. The SMILES string of the molecule is CCC(N)(Cc1ccnn(C)c1=O)N1CCN(c2cccc(OC)c2)CC1. The Morgan fingerprint density at radius 3 is 2.63 bits per heavy atom. The quantitative estimate of drug-likeness (QED) is 0.823. The number of methoxy groups -OCH3 is 1. The Kier molecular flexibility index (Phi) is 5.82. The van der Waals surface area contributed by atoms with Crippen molar-refractivity contribution in [2.24, 2.45) is 12.8 Å². The summed E-state index contributed by atoms with van der Waals surface area (Å²) in [7, 11) is 3.35. The second-order valence-electron chi connectivity index (χ2n) is 7.09. The first-order valence-electron chi connectivity index (χ1n) is 9.41. The topological polar surface area (TPSA) is 76.6 Å². The Labute approximate surface area is 160 Å². The maximum absolute atomic E-state index is 12.3. The molecule has 146 valence electrons. The Balaban J connectivity index is 1.70. The molecule has 2 aromatic rings. The number of hydrogen-bond acceptors (Lipinski definition) is 6. The predicted octanol–water partition coefficient (Wildman–Crippen LogP) is 1.22. The number of nitrogens with two attached hydrogens (primary N) is 1. The molecule has 1 aliphatic heterocycles. The van der Waals surface area contributed by atoms with Gasteiger partial charge in [0, 0.05) is 63.2 Å². The molecule has 1 aromatic carbocycles. The molecule has 2 N–H and O–H groups in total. The standard InChI is InChI=1S/C20H29N5O2/c1-4-20(21,15-16-8-9-22-23(2)19(16)26)25-12-10-24(11-13-25)17-6-5-7-18(14-17)27-3/h5-9,14H,4,10-13,15,21H2,1-3H3. The molecular formula is C20H29N5O2. The first-order valence-corrected chi connectivity index (χ1v) is 9.41. The molecule has 0 saturated carbocycles. The van der Waals surface area contributed by atoms with Gasteiger partial charge in [0.15, 0.2) is 0 Å². The molecule has 1 aromatic heterocycles. The summed E-state index contributed by atoms with van der Waals surface area (Å²) in [6.07, 6.45) is 2.96. The molecule has 7 heteroatoms. The Bertz CT molecular complexity index is 829. The normalized spacial score (nSPS) is 17.6. The van der Waals surface area contributed by atoms with Crippen LogP contribution in [-0.2, 0) is 13.5 Å². The van der Waals surface area contributed by atoms with Gasteiger partial charge in [-0.1, -0.05) is 13.0 Å². The molecule has 0 aliphatic carbocycles. The van der Waals surface area contributed by atoms with Crippen molar-refractivity contribution in [3.8, 4) is 5.75 Å². The van der Waals surface area contributed by atoms with Crippen LogP contribution in [0.3, 0.4) is 0 Å². The summed E-state index contributed by atoms with van der Waals surface area (Å²) in [5.74, 6) is 0.866. The highest BCUT2D eigenvalue weighted by Gasteiger charge is 2.34. The van der Waals surface area contributed by atoms with Gasteiger partial charge in [0.25, 0.3) is 5.56 Å². The van der Waals surface area contributed by atoms with Crippen molar-refractivity contribution in [3.63, 3.8) is 0 Å². The molecule has 0 radical (unpaired) electrons. The fraction of sp³-hybridized carbons (Fsp3) is 0.500. The van der Waals surface area contributed by atoms with Crippen LogP contribution < -0.4 is 20.9 Å². The van der Waals surface area contributed by atoms with Gasteiger partial charge in [0.05, 0.1) is 12.8 Å². The zero-order chi connectivity index (χ0) is 19.4. The largest absolute Gasteiger partial charge is 0.497 e. The van der Waals surface area contributed by atoms with E-state index in [4.69, 9.17) is 10.5 Å². The van der Waals surface area contributed by atoms with Gasteiger partial charge in [0.2, 0.25) is 0 Å². The number of piperazine rings is 1. The number of rotatable bonds is 6. The summed E-state index contributed by atoms with van der Waals surface area (Å²) in [5, 5.41) is 4.00. The number of aryl methyl sites for hydroxylation is 1. The molecule has 1 unspecified atom stereocenters. The third-order valence-electron chi connectivity index (χ3n) is 5.52. The summed E-state index contributed by atoms with van der Waals surface area (Å²) in [4.78, 5) is 17.0. The molecule has 0 bridgehead atoms. The monoisotopic (exact) mass is 371 g/mol. The fourth-order valence-electron chi connectivity index (χ4n) is 3.70. The molecule has 0 amide bonds. The lowest BCUT2D eigenvalue weighted by molar-refractivity contribution is 0.0802. The van der Waals surface area contributed by atoms with Gasteiger partial charge in [-0.25, -0.2) is 4.68 Å². The van der Waals surface area contributed by atoms with Gasteiger partial charge in [-0.05, 0) is 24.6 Å². The van der Waals surface area contributed by atoms with Crippen molar-refractivity contribution in [2.75, 3.05) is 38.2 Å². The lowest BCUT2D eigenvalue weighted by Crippen LogP contribution is -2.63. The van der Waals surface area contributed by atoms with Crippen molar-refractivity contribution in [1.82, 2.24) is 14.7 Å². The average molecular weight is 371 g/mol. The second-order valence-corrected chi connectivity index (χ2v) is 7.09. The van der Waals surface area contributed by atoms with Crippen LogP contribution in [0.1, 0.15) is 18.9 Å². The molecule has 1 atom stereocenters. The third kappa shape index (κ3) is 4.14. The van der Waals surface area contributed by atoms with Crippen LogP contribution in [0.5, 0.6) is 5.75 Å². The minimum absolute atomic E-state index is 0.0733. The van der Waals surface area contributed by atoms with Crippen molar-refractivity contribution in [3.05, 3.63) is 52.4 Å². The number of benzene rings is 1. The highest BCUT2D eigenvalue weighted by molar-refractivity contribution is 5.51. The van der Waals surface area contributed by atoms with Crippen LogP contribution in [0.2, 0.25) is 0 Å². The van der Waals surface area contributed by atoms with Crippen LogP contribution in [0.4, 0.5) is 5.69 Å². The van der Waals surface area contributed by atoms with E-state index in [-0.39, 0.29) is 5.56 Å². The molecule has 0 spiro atoms. The maximum atomic E-state index is 12.3. The lowest BCUT2D eigenvalue weighted by Gasteiger charge is -2.46. The molecule has 1 fully saturated rings. The van der Waals surface area contributed by atoms with E-state index in [1.54, 1.807) is 26.4 Å². The minimum Gasteiger partial charge on any atom is -0.497 e. The average Bonchev–Trinajstić information content (AvgIpc) is 2.71. The van der Waals surface area contributed by atoms with E-state index in [0.717, 1.165) is 44.0 Å². The zero-order valence-electron chi connectivity index (χ0n) is 16.4. The molecule has 27 heavy (non-hydrogen) atoms. The predicted molar refractivity (Wildman–Crippen MR) is 107 cm³/mol. The van der Waals surface area contributed by atoms with E-state index in [2.05, 4.69) is 34.0 Å². The minimum atomic E-state index is -0.534. The van der Waals surface area contributed by atoms with Crippen molar-refractivity contribution >= 4 is 5.69 Å². The molecule has 3 rings (SSSR count). The molecule has 1 saturated heterocycles. The number of nitrogens with zero attached hydrogens (tertiary/aromatic N) is 4. The van der Waals surface area contributed by atoms with Gasteiger partial charge in [-0.3, -0.25) is 9.69 Å². The van der Waals surface area contributed by atoms with Crippen LogP contribution in [0, 0.1) is 0 Å². The van der Waals surface area contributed by atoms with E-state index in [9.17, 15) is 4.79 Å². The number of hydrogen-bond donors (Lipinski definition) is 1. The highest BCUT2D eigenvalue weighted by atomic mass is 16.5. The first kappa shape index (κ1) is 19.4. The van der Waals surface area contributed by atoms with Crippen LogP contribution in [-0.4, -0.2) is 53.6 Å². The van der Waals surface area contributed by atoms with Gasteiger partial charge >= 0.3 is 0 Å². The lowest BCUT2D eigenvalue weighted by atomic mass is 9.96. The zero-order valence-corrected chi connectivity index (χ0v) is 16.4. The van der Waals surface area contributed by atoms with E-state index in [0.29, 0.717) is 12.0 Å². The Morgan fingerprint density at radius 2 is 1.96 bits per heavy atom. The number of aromatic nitrogens is 2. The van der Waals surface area contributed by atoms with Crippen molar-refractivity contribution in [1.29, 1.82) is 0 Å². The smallest absolute Gasteiger partial charge is 0.269 e. The van der Waals surface area contributed by atoms with E-state index in [1.807, 2.05) is 12.1 Å². The second kappa shape index (κ2) is 8.10. The van der Waals surface area contributed by atoms with Crippen LogP contribution in [0.25, 0.3) is 0 Å². The summed E-state index contributed by atoms with van der Waals surface area (Å²) in [6, 6.07) is 9.92. The summed E-state index contributed by atoms with van der Waals surface area (Å²) < 4.78 is 6.70. The van der Waals surface area contributed by atoms with E-state index < -0.39 is 5.66 Å². The number of ether oxygens (including phenoxy) is 1. The van der Waals surface area contributed by atoms with Crippen molar-refractivity contribution < 1.29 is 4.74 Å². The number of anilines is 1. The van der Waals surface area contributed by atoms with Gasteiger partial charge in [-0.2, -0.15) is 5.10 Å². The summed E-state index contributed by atoms with van der Waals surface area (Å²) in [6.45, 7) is 5.57. The third-order valence-corrected chi connectivity index (χ3v) is 5.52. The van der Waals surface area contributed by atoms with Crippen molar-refractivity contribution in [2.45, 2.75) is 25.4 Å². The summed E-state index contributed by atoms with van der Waals surface area (Å²) >= 11 is 0.